The van der Waals surface area contributed by atoms with E-state index in [1.807, 2.05) is 0 Å². The number of pyridine rings is 1. The molecule has 0 aromatic carbocycles. The monoisotopic (exact) mass is 203 g/mol. The molecule has 0 atom stereocenters. The second-order valence-electron chi connectivity index (χ2n) is 2.81. The molecule has 0 N–H and O–H groups in total. The molecular weight excluding hydrogens is 197 g/mol. The molecule has 5 heteroatoms. The predicted octanol–water partition coefficient (Wildman–Crippen LogP) is 1.24. The number of rotatable bonds is 2. The number of nitrogens with zero attached hydrogens (tertiary/aromatic N) is 3. The first kappa shape index (κ1) is 9.39. The Labute approximate surface area is 84.8 Å². The highest BCUT2D eigenvalue weighted by Crippen LogP contribution is 2.10. The van der Waals surface area contributed by atoms with Gasteiger partial charge in [0.05, 0.1) is 17.3 Å². The number of halogens is 1. The van der Waals surface area contributed by atoms with Crippen LogP contribution in [0.25, 0.3) is 0 Å². The summed E-state index contributed by atoms with van der Waals surface area (Å²) < 4.78 is 13.2. The molecule has 0 aliphatic heterocycles. The van der Waals surface area contributed by atoms with E-state index in [9.17, 15) is 9.18 Å². The van der Waals surface area contributed by atoms with E-state index in [0.717, 1.165) is 6.20 Å². The average Bonchev–Trinajstić information content (AvgIpc) is 2.30. The van der Waals surface area contributed by atoms with E-state index >= 15 is 0 Å². The van der Waals surface area contributed by atoms with Crippen molar-refractivity contribution in [3.63, 3.8) is 0 Å². The summed E-state index contributed by atoms with van der Waals surface area (Å²) in [5, 5.41) is 0. The van der Waals surface area contributed by atoms with E-state index in [1.165, 1.54) is 31.0 Å². The second kappa shape index (κ2) is 3.91. The lowest BCUT2D eigenvalue weighted by Crippen LogP contribution is -2.05. The van der Waals surface area contributed by atoms with Crippen molar-refractivity contribution < 1.29 is 9.18 Å². The Kier molecular flexibility index (Phi) is 2.45. The summed E-state index contributed by atoms with van der Waals surface area (Å²) in [5.41, 5.74) is 0.224. The first-order valence-electron chi connectivity index (χ1n) is 4.18. The third kappa shape index (κ3) is 1.85. The Balaban J connectivity index is 2.42. The molecule has 2 aromatic heterocycles. The van der Waals surface area contributed by atoms with E-state index in [2.05, 4.69) is 15.0 Å². The zero-order valence-electron chi connectivity index (χ0n) is 7.59. The van der Waals surface area contributed by atoms with Crippen molar-refractivity contribution in [2.24, 2.45) is 0 Å². The highest BCUT2D eigenvalue weighted by Gasteiger charge is 2.13. The first-order chi connectivity index (χ1) is 7.29. The van der Waals surface area contributed by atoms with Gasteiger partial charge in [-0.15, -0.1) is 0 Å². The largest absolute Gasteiger partial charge is 0.288 e. The fourth-order valence-electron chi connectivity index (χ4n) is 1.13. The van der Waals surface area contributed by atoms with Crippen molar-refractivity contribution in [3.05, 3.63) is 54.1 Å². The molecule has 0 radical (unpaired) electrons. The maximum absolute atomic E-state index is 13.2. The first-order valence-corrected chi connectivity index (χ1v) is 4.18. The van der Waals surface area contributed by atoms with E-state index in [1.54, 1.807) is 0 Å². The van der Waals surface area contributed by atoms with Gasteiger partial charge in [-0.25, -0.2) is 14.4 Å². The number of carbonyl (C=O) groups is 1. The molecule has 0 aliphatic carbocycles. The maximum Gasteiger partial charge on any atom is 0.199 e. The van der Waals surface area contributed by atoms with Crippen LogP contribution < -0.4 is 0 Å². The fourth-order valence-corrected chi connectivity index (χ4v) is 1.13. The summed E-state index contributed by atoms with van der Waals surface area (Å²) in [6.45, 7) is 0. The second-order valence-corrected chi connectivity index (χ2v) is 2.81. The summed E-state index contributed by atoms with van der Waals surface area (Å²) in [7, 11) is 0. The third-order valence-electron chi connectivity index (χ3n) is 1.84. The van der Waals surface area contributed by atoms with Crippen LogP contribution in [0.2, 0.25) is 0 Å². The van der Waals surface area contributed by atoms with Gasteiger partial charge in [0.25, 0.3) is 0 Å². The number of ketones is 1. The molecule has 0 fully saturated rings. The lowest BCUT2D eigenvalue weighted by molar-refractivity contribution is 0.103. The van der Waals surface area contributed by atoms with Gasteiger partial charge in [0, 0.05) is 18.6 Å². The minimum absolute atomic E-state index is 0.0280. The van der Waals surface area contributed by atoms with E-state index in [4.69, 9.17) is 0 Å². The number of hydrogen-bond acceptors (Lipinski definition) is 4. The highest BCUT2D eigenvalue weighted by atomic mass is 19.1. The number of carbonyl (C=O) groups excluding carboxylic acids is 1. The Morgan fingerprint density at radius 3 is 2.53 bits per heavy atom. The SMILES string of the molecule is O=C(c1cncnc1)c1ccncc1F. The molecular formula is C10H6FN3O. The molecule has 0 unspecified atom stereocenters. The van der Waals surface area contributed by atoms with Crippen molar-refractivity contribution in [1.82, 2.24) is 15.0 Å². The van der Waals surface area contributed by atoms with Crippen LogP contribution in [0.1, 0.15) is 15.9 Å². The van der Waals surface area contributed by atoms with Gasteiger partial charge in [-0.3, -0.25) is 9.78 Å². The minimum atomic E-state index is -0.647. The van der Waals surface area contributed by atoms with Gasteiger partial charge in [0.2, 0.25) is 0 Å². The van der Waals surface area contributed by atoms with Crippen molar-refractivity contribution in [2.75, 3.05) is 0 Å². The Hall–Kier alpha value is -2.17. The highest BCUT2D eigenvalue weighted by molar-refractivity contribution is 6.08. The lowest BCUT2D eigenvalue weighted by atomic mass is 10.1. The van der Waals surface area contributed by atoms with Gasteiger partial charge in [-0.05, 0) is 6.07 Å². The molecule has 0 bridgehead atoms. The van der Waals surface area contributed by atoms with Crippen LogP contribution >= 0.6 is 0 Å². The van der Waals surface area contributed by atoms with Gasteiger partial charge < -0.3 is 0 Å². The number of aromatic nitrogens is 3. The van der Waals surface area contributed by atoms with Gasteiger partial charge in [0.1, 0.15) is 6.33 Å². The van der Waals surface area contributed by atoms with Crippen molar-refractivity contribution in [3.8, 4) is 0 Å². The van der Waals surface area contributed by atoms with E-state index in [0.29, 0.717) is 0 Å². The Morgan fingerprint density at radius 2 is 1.87 bits per heavy atom. The summed E-state index contributed by atoms with van der Waals surface area (Å²) >= 11 is 0. The normalized spacial score (nSPS) is 9.93. The molecule has 74 valence electrons. The molecule has 2 heterocycles. The summed E-state index contributed by atoms with van der Waals surface area (Å²) in [6, 6.07) is 1.32. The number of hydrogen-bond donors (Lipinski definition) is 0. The Bertz CT molecular complexity index is 487. The smallest absolute Gasteiger partial charge is 0.199 e. The van der Waals surface area contributed by atoms with Gasteiger partial charge in [-0.1, -0.05) is 0 Å². The van der Waals surface area contributed by atoms with Crippen molar-refractivity contribution in [2.45, 2.75) is 0 Å². The molecule has 15 heavy (non-hydrogen) atoms. The summed E-state index contributed by atoms with van der Waals surface area (Å²) in [6.07, 6.45) is 6.35. The lowest BCUT2D eigenvalue weighted by Gasteiger charge is -2.00. The molecule has 0 saturated carbocycles. The molecule has 4 nitrogen and oxygen atoms in total. The van der Waals surface area contributed by atoms with Crippen LogP contribution in [-0.4, -0.2) is 20.7 Å². The Morgan fingerprint density at radius 1 is 1.13 bits per heavy atom. The third-order valence-corrected chi connectivity index (χ3v) is 1.84. The summed E-state index contributed by atoms with van der Waals surface area (Å²) in [5.74, 6) is -1.10. The summed E-state index contributed by atoms with van der Waals surface area (Å²) in [4.78, 5) is 22.7. The quantitative estimate of drug-likeness (QED) is 0.689. The van der Waals surface area contributed by atoms with Gasteiger partial charge in [0.15, 0.2) is 11.6 Å². The predicted molar refractivity (Wildman–Crippen MR) is 49.7 cm³/mol. The van der Waals surface area contributed by atoms with Crippen LogP contribution in [0.4, 0.5) is 4.39 Å². The average molecular weight is 203 g/mol. The molecule has 2 rings (SSSR count). The van der Waals surface area contributed by atoms with E-state index in [-0.39, 0.29) is 11.1 Å². The van der Waals surface area contributed by atoms with Crippen LogP contribution in [0, 0.1) is 5.82 Å². The fraction of sp³-hybridized carbons (Fsp3) is 0. The topological polar surface area (TPSA) is 55.7 Å². The van der Waals surface area contributed by atoms with Crippen molar-refractivity contribution in [1.29, 1.82) is 0 Å². The molecule has 0 amide bonds. The standard InChI is InChI=1S/C10H6FN3O/c11-9-5-12-2-1-8(9)10(15)7-3-13-6-14-4-7/h1-6H. The molecule has 2 aromatic rings. The minimum Gasteiger partial charge on any atom is -0.288 e. The molecule has 0 aliphatic rings. The van der Waals surface area contributed by atoms with Crippen LogP contribution in [0.15, 0.2) is 37.2 Å². The molecule has 0 spiro atoms. The van der Waals surface area contributed by atoms with Crippen LogP contribution in [-0.2, 0) is 0 Å². The molecule has 0 saturated heterocycles. The van der Waals surface area contributed by atoms with Gasteiger partial charge >= 0.3 is 0 Å². The van der Waals surface area contributed by atoms with Gasteiger partial charge in [-0.2, -0.15) is 0 Å². The zero-order valence-corrected chi connectivity index (χ0v) is 7.59. The zero-order chi connectivity index (χ0) is 10.7. The van der Waals surface area contributed by atoms with Crippen molar-refractivity contribution >= 4 is 5.78 Å². The maximum atomic E-state index is 13.2. The van der Waals surface area contributed by atoms with Crippen LogP contribution in [0.5, 0.6) is 0 Å². The van der Waals surface area contributed by atoms with Crippen LogP contribution in [0.3, 0.4) is 0 Å². The van der Waals surface area contributed by atoms with E-state index < -0.39 is 11.6 Å².